The van der Waals surface area contributed by atoms with Crippen LogP contribution in [-0.4, -0.2) is 79.2 Å². The molecular formula is C22H35N5O3. The van der Waals surface area contributed by atoms with Crippen molar-refractivity contribution in [2.75, 3.05) is 52.5 Å². The number of hydrogen-bond acceptors (Lipinski definition) is 5. The first-order valence-corrected chi connectivity index (χ1v) is 11.2. The molecule has 0 unspecified atom stereocenters. The van der Waals surface area contributed by atoms with Gasteiger partial charge >= 0.3 is 6.03 Å². The SMILES string of the molecule is O=C(NCC(=O)N(CCCN1CCOCC1)Cc1ccncc1)NCC1CCCC1. The molecule has 3 rings (SSSR count). The Hall–Kier alpha value is -2.19. The first-order valence-electron chi connectivity index (χ1n) is 11.2. The van der Waals surface area contributed by atoms with Gasteiger partial charge in [0, 0.05) is 51.7 Å². The molecule has 30 heavy (non-hydrogen) atoms. The number of carbonyl (C=O) groups excluding carboxylic acids is 2. The third-order valence-electron chi connectivity index (χ3n) is 5.91. The van der Waals surface area contributed by atoms with E-state index in [0.717, 1.165) is 44.8 Å². The van der Waals surface area contributed by atoms with Crippen LogP contribution in [0, 0.1) is 5.92 Å². The highest BCUT2D eigenvalue weighted by Gasteiger charge is 2.18. The standard InChI is InChI=1S/C22H35N5O3/c28-21(17-25-22(29)24-16-19-4-1-2-5-19)27(18-20-6-8-23-9-7-20)11-3-10-26-12-14-30-15-13-26/h6-9,19H,1-5,10-18H2,(H2,24,25,29). The summed E-state index contributed by atoms with van der Waals surface area (Å²) in [6.45, 7) is 6.28. The van der Waals surface area contributed by atoms with Gasteiger partial charge in [-0.15, -0.1) is 0 Å². The molecule has 0 atom stereocenters. The lowest BCUT2D eigenvalue weighted by Gasteiger charge is -2.28. The second-order valence-electron chi connectivity index (χ2n) is 8.19. The lowest BCUT2D eigenvalue weighted by molar-refractivity contribution is -0.130. The van der Waals surface area contributed by atoms with E-state index in [-0.39, 0.29) is 18.5 Å². The largest absolute Gasteiger partial charge is 0.379 e. The zero-order valence-corrected chi connectivity index (χ0v) is 17.9. The first kappa shape index (κ1) is 22.5. The number of carbonyl (C=O) groups is 2. The van der Waals surface area contributed by atoms with Crippen molar-refractivity contribution in [3.8, 4) is 0 Å². The Labute approximate surface area is 179 Å². The third kappa shape index (κ3) is 7.91. The molecule has 2 fully saturated rings. The quantitative estimate of drug-likeness (QED) is 0.604. The minimum atomic E-state index is -0.257. The number of ether oxygens (including phenoxy) is 1. The Balaban J connectivity index is 1.44. The zero-order chi connectivity index (χ0) is 21.0. The van der Waals surface area contributed by atoms with Crippen LogP contribution in [-0.2, 0) is 16.1 Å². The maximum atomic E-state index is 12.8. The molecule has 0 bridgehead atoms. The summed E-state index contributed by atoms with van der Waals surface area (Å²) < 4.78 is 5.39. The van der Waals surface area contributed by atoms with Gasteiger partial charge in [-0.2, -0.15) is 0 Å². The van der Waals surface area contributed by atoms with Gasteiger partial charge in [0.15, 0.2) is 0 Å². The van der Waals surface area contributed by atoms with Crippen LogP contribution in [0.1, 0.15) is 37.7 Å². The van der Waals surface area contributed by atoms with Gasteiger partial charge in [-0.3, -0.25) is 14.7 Å². The molecule has 1 saturated carbocycles. The van der Waals surface area contributed by atoms with Crippen molar-refractivity contribution in [2.24, 2.45) is 5.92 Å². The van der Waals surface area contributed by atoms with E-state index in [0.29, 0.717) is 25.6 Å². The molecular weight excluding hydrogens is 382 g/mol. The van der Waals surface area contributed by atoms with Crippen LogP contribution in [0.5, 0.6) is 0 Å². The molecule has 1 aromatic rings. The molecule has 8 heteroatoms. The molecule has 0 radical (unpaired) electrons. The van der Waals surface area contributed by atoms with Crippen molar-refractivity contribution in [3.05, 3.63) is 30.1 Å². The topological polar surface area (TPSA) is 86.8 Å². The molecule has 8 nitrogen and oxygen atoms in total. The maximum absolute atomic E-state index is 12.8. The number of pyridine rings is 1. The van der Waals surface area contributed by atoms with E-state index in [1.165, 1.54) is 25.7 Å². The molecule has 3 amide bonds. The van der Waals surface area contributed by atoms with Crippen LogP contribution < -0.4 is 10.6 Å². The molecule has 0 spiro atoms. The van der Waals surface area contributed by atoms with Crippen molar-refractivity contribution in [2.45, 2.75) is 38.6 Å². The zero-order valence-electron chi connectivity index (χ0n) is 17.9. The summed E-state index contributed by atoms with van der Waals surface area (Å²) in [6.07, 6.45) is 9.23. The van der Waals surface area contributed by atoms with E-state index in [9.17, 15) is 9.59 Å². The number of nitrogens with one attached hydrogen (secondary N) is 2. The highest BCUT2D eigenvalue weighted by atomic mass is 16.5. The van der Waals surface area contributed by atoms with Gasteiger partial charge < -0.3 is 20.3 Å². The van der Waals surface area contributed by atoms with E-state index < -0.39 is 0 Å². The maximum Gasteiger partial charge on any atom is 0.315 e. The summed E-state index contributed by atoms with van der Waals surface area (Å²) >= 11 is 0. The van der Waals surface area contributed by atoms with Crippen LogP contribution in [0.25, 0.3) is 0 Å². The van der Waals surface area contributed by atoms with Gasteiger partial charge in [-0.05, 0) is 42.9 Å². The van der Waals surface area contributed by atoms with Crippen LogP contribution >= 0.6 is 0 Å². The number of rotatable bonds is 10. The number of nitrogens with zero attached hydrogens (tertiary/aromatic N) is 3. The number of urea groups is 1. The van der Waals surface area contributed by atoms with E-state index in [1.54, 1.807) is 12.4 Å². The van der Waals surface area contributed by atoms with E-state index >= 15 is 0 Å². The molecule has 2 heterocycles. The van der Waals surface area contributed by atoms with Gasteiger partial charge in [-0.25, -0.2) is 4.79 Å². The summed E-state index contributed by atoms with van der Waals surface area (Å²) in [6, 6.07) is 3.58. The molecule has 1 aliphatic heterocycles. The summed E-state index contributed by atoms with van der Waals surface area (Å²) in [5.41, 5.74) is 1.04. The summed E-state index contributed by atoms with van der Waals surface area (Å²) in [7, 11) is 0. The van der Waals surface area contributed by atoms with Gasteiger partial charge in [0.05, 0.1) is 19.8 Å². The first-order chi connectivity index (χ1) is 14.7. The molecule has 2 aliphatic rings. The van der Waals surface area contributed by atoms with Crippen molar-refractivity contribution in [1.29, 1.82) is 0 Å². The Bertz CT molecular complexity index is 645. The average Bonchev–Trinajstić information content (AvgIpc) is 3.30. The van der Waals surface area contributed by atoms with Crippen LogP contribution in [0.2, 0.25) is 0 Å². The monoisotopic (exact) mass is 417 g/mol. The molecule has 166 valence electrons. The fourth-order valence-electron chi connectivity index (χ4n) is 4.09. The number of amides is 3. The smallest absolute Gasteiger partial charge is 0.315 e. The van der Waals surface area contributed by atoms with Crippen molar-refractivity contribution >= 4 is 11.9 Å². The molecule has 0 aromatic carbocycles. The third-order valence-corrected chi connectivity index (χ3v) is 5.91. The van der Waals surface area contributed by atoms with E-state index in [4.69, 9.17) is 4.74 Å². The summed E-state index contributed by atoms with van der Waals surface area (Å²) in [5.74, 6) is 0.514. The van der Waals surface area contributed by atoms with Crippen molar-refractivity contribution in [1.82, 2.24) is 25.4 Å². The molecule has 1 saturated heterocycles. The van der Waals surface area contributed by atoms with Gasteiger partial charge in [0.25, 0.3) is 0 Å². The Morgan fingerprint density at radius 3 is 2.60 bits per heavy atom. The lowest BCUT2D eigenvalue weighted by atomic mass is 10.1. The van der Waals surface area contributed by atoms with Crippen molar-refractivity contribution < 1.29 is 14.3 Å². The van der Waals surface area contributed by atoms with Crippen molar-refractivity contribution in [3.63, 3.8) is 0 Å². The summed E-state index contributed by atoms with van der Waals surface area (Å²) in [5, 5.41) is 5.64. The minimum absolute atomic E-state index is 0.0130. The van der Waals surface area contributed by atoms with E-state index in [1.807, 2.05) is 17.0 Å². The summed E-state index contributed by atoms with van der Waals surface area (Å²) in [4.78, 5) is 33.2. The predicted molar refractivity (Wildman–Crippen MR) is 115 cm³/mol. The average molecular weight is 418 g/mol. The van der Waals surface area contributed by atoms with Crippen LogP contribution in [0.3, 0.4) is 0 Å². The van der Waals surface area contributed by atoms with Crippen LogP contribution in [0.15, 0.2) is 24.5 Å². The van der Waals surface area contributed by atoms with E-state index in [2.05, 4.69) is 20.5 Å². The fraction of sp³-hybridized carbons (Fsp3) is 0.682. The number of hydrogen-bond donors (Lipinski definition) is 2. The van der Waals surface area contributed by atoms with Gasteiger partial charge in [-0.1, -0.05) is 12.8 Å². The Morgan fingerprint density at radius 1 is 1.13 bits per heavy atom. The second kappa shape index (κ2) is 12.5. The van der Waals surface area contributed by atoms with Gasteiger partial charge in [0.1, 0.15) is 0 Å². The molecule has 1 aromatic heterocycles. The second-order valence-corrected chi connectivity index (χ2v) is 8.19. The Kier molecular flexibility index (Phi) is 9.37. The lowest BCUT2D eigenvalue weighted by Crippen LogP contribution is -2.45. The highest BCUT2D eigenvalue weighted by molar-refractivity contribution is 5.84. The highest BCUT2D eigenvalue weighted by Crippen LogP contribution is 2.23. The number of aromatic nitrogens is 1. The predicted octanol–water partition coefficient (Wildman–Crippen LogP) is 1.62. The van der Waals surface area contributed by atoms with Gasteiger partial charge in [0.2, 0.25) is 5.91 Å². The Morgan fingerprint density at radius 2 is 1.87 bits per heavy atom. The number of morpholine rings is 1. The van der Waals surface area contributed by atoms with Crippen LogP contribution in [0.4, 0.5) is 4.79 Å². The molecule has 2 N–H and O–H groups in total. The normalized spacial score (nSPS) is 17.6. The fourth-order valence-corrected chi connectivity index (χ4v) is 4.09. The minimum Gasteiger partial charge on any atom is -0.379 e. The molecule has 1 aliphatic carbocycles.